The van der Waals surface area contributed by atoms with Crippen molar-refractivity contribution in [2.45, 2.75) is 0 Å². The standard InChI is InChI=1S/C13H6BrCl2FO3/c14-11-7(13(18)19)2-4-9(12(11)17)20-10-5-6(15)1-3-8(10)16/h1-5H,(H,18,19). The van der Waals surface area contributed by atoms with Gasteiger partial charge in [-0.1, -0.05) is 23.2 Å². The van der Waals surface area contributed by atoms with E-state index in [1.165, 1.54) is 24.3 Å². The van der Waals surface area contributed by atoms with Crippen LogP contribution in [0.1, 0.15) is 10.4 Å². The monoisotopic (exact) mass is 378 g/mol. The molecule has 0 aliphatic rings. The molecule has 2 aromatic carbocycles. The van der Waals surface area contributed by atoms with Gasteiger partial charge in [-0.25, -0.2) is 9.18 Å². The van der Waals surface area contributed by atoms with Gasteiger partial charge in [0.25, 0.3) is 0 Å². The van der Waals surface area contributed by atoms with Crippen molar-refractivity contribution in [3.8, 4) is 11.5 Å². The van der Waals surface area contributed by atoms with Gasteiger partial charge in [-0.05, 0) is 40.2 Å². The summed E-state index contributed by atoms with van der Waals surface area (Å²) in [6, 6.07) is 6.95. The third-order valence-electron chi connectivity index (χ3n) is 2.39. The Labute approximate surface area is 132 Å². The number of halogens is 4. The molecule has 0 atom stereocenters. The van der Waals surface area contributed by atoms with Crippen molar-refractivity contribution in [1.29, 1.82) is 0 Å². The molecule has 0 amide bonds. The van der Waals surface area contributed by atoms with Crippen molar-refractivity contribution < 1.29 is 19.0 Å². The average molecular weight is 380 g/mol. The molecular formula is C13H6BrCl2FO3. The smallest absolute Gasteiger partial charge is 0.336 e. The van der Waals surface area contributed by atoms with E-state index in [4.69, 9.17) is 33.0 Å². The second-order valence-electron chi connectivity index (χ2n) is 3.72. The van der Waals surface area contributed by atoms with E-state index >= 15 is 0 Å². The molecule has 1 N–H and O–H groups in total. The van der Waals surface area contributed by atoms with Crippen LogP contribution in [-0.4, -0.2) is 11.1 Å². The lowest BCUT2D eigenvalue weighted by Crippen LogP contribution is -2.00. The largest absolute Gasteiger partial charge is 0.478 e. The lowest BCUT2D eigenvalue weighted by molar-refractivity contribution is 0.0695. The van der Waals surface area contributed by atoms with E-state index in [0.717, 1.165) is 0 Å². The van der Waals surface area contributed by atoms with Crippen molar-refractivity contribution in [2.24, 2.45) is 0 Å². The second-order valence-corrected chi connectivity index (χ2v) is 5.36. The maximum atomic E-state index is 14.0. The van der Waals surface area contributed by atoms with E-state index in [2.05, 4.69) is 15.9 Å². The van der Waals surface area contributed by atoms with Crippen molar-refractivity contribution >= 4 is 45.1 Å². The molecule has 0 radical (unpaired) electrons. The summed E-state index contributed by atoms with van der Waals surface area (Å²) in [5.74, 6) is -2.07. The second kappa shape index (κ2) is 5.99. The third-order valence-corrected chi connectivity index (χ3v) is 3.71. The van der Waals surface area contributed by atoms with Crippen LogP contribution in [-0.2, 0) is 0 Å². The fourth-order valence-electron chi connectivity index (χ4n) is 1.45. The Balaban J connectivity index is 2.42. The Hall–Kier alpha value is -1.30. The Bertz CT molecular complexity index is 692. The summed E-state index contributed by atoms with van der Waals surface area (Å²) < 4.78 is 19.2. The number of carboxylic acids is 1. The maximum Gasteiger partial charge on any atom is 0.336 e. The van der Waals surface area contributed by atoms with Crippen molar-refractivity contribution in [3.05, 3.63) is 56.2 Å². The highest BCUT2D eigenvalue weighted by molar-refractivity contribution is 9.10. The van der Waals surface area contributed by atoms with Crippen LogP contribution >= 0.6 is 39.1 Å². The van der Waals surface area contributed by atoms with Gasteiger partial charge >= 0.3 is 5.97 Å². The summed E-state index contributed by atoms with van der Waals surface area (Å²) in [7, 11) is 0. The van der Waals surface area contributed by atoms with Crippen LogP contribution < -0.4 is 4.74 Å². The zero-order valence-corrected chi connectivity index (χ0v) is 12.8. The van der Waals surface area contributed by atoms with E-state index < -0.39 is 11.8 Å². The average Bonchev–Trinajstić information content (AvgIpc) is 2.39. The van der Waals surface area contributed by atoms with Crippen molar-refractivity contribution in [1.82, 2.24) is 0 Å². The van der Waals surface area contributed by atoms with Crippen molar-refractivity contribution in [2.75, 3.05) is 0 Å². The Morgan fingerprint density at radius 2 is 1.90 bits per heavy atom. The van der Waals surface area contributed by atoms with Gasteiger partial charge in [0.2, 0.25) is 0 Å². The fraction of sp³-hybridized carbons (Fsp3) is 0. The molecule has 0 aliphatic carbocycles. The molecule has 0 aromatic heterocycles. The van der Waals surface area contributed by atoms with E-state index in [-0.39, 0.29) is 26.6 Å². The van der Waals surface area contributed by atoms with E-state index in [1.54, 1.807) is 6.07 Å². The Kier molecular flexibility index (Phi) is 4.52. The van der Waals surface area contributed by atoms with Gasteiger partial charge < -0.3 is 9.84 Å². The van der Waals surface area contributed by atoms with E-state index in [9.17, 15) is 9.18 Å². The minimum atomic E-state index is -1.25. The number of carboxylic acid groups (broad SMARTS) is 1. The summed E-state index contributed by atoms with van der Waals surface area (Å²) >= 11 is 14.6. The number of hydrogen-bond acceptors (Lipinski definition) is 2. The first-order valence-corrected chi connectivity index (χ1v) is 6.79. The predicted molar refractivity (Wildman–Crippen MR) is 77.6 cm³/mol. The van der Waals surface area contributed by atoms with Crippen LogP contribution in [0.25, 0.3) is 0 Å². The number of ether oxygens (including phenoxy) is 1. The molecule has 104 valence electrons. The summed E-state index contributed by atoms with van der Waals surface area (Å²) in [5.41, 5.74) is -0.202. The minimum Gasteiger partial charge on any atom is -0.478 e. The molecule has 0 aliphatic heterocycles. The topological polar surface area (TPSA) is 46.5 Å². The summed E-state index contributed by atoms with van der Waals surface area (Å²) in [5, 5.41) is 9.51. The molecule has 0 heterocycles. The van der Waals surface area contributed by atoms with Gasteiger partial charge in [0.15, 0.2) is 11.6 Å². The lowest BCUT2D eigenvalue weighted by atomic mass is 10.2. The number of aromatic carboxylic acids is 1. The zero-order valence-electron chi connectivity index (χ0n) is 9.66. The van der Waals surface area contributed by atoms with Crippen LogP contribution in [0.5, 0.6) is 11.5 Å². The van der Waals surface area contributed by atoms with Crippen LogP contribution in [0.15, 0.2) is 34.8 Å². The molecular weight excluding hydrogens is 374 g/mol. The van der Waals surface area contributed by atoms with Crippen LogP contribution in [0.2, 0.25) is 10.0 Å². The van der Waals surface area contributed by atoms with Gasteiger partial charge in [-0.15, -0.1) is 0 Å². The molecule has 20 heavy (non-hydrogen) atoms. The fourth-order valence-corrected chi connectivity index (χ4v) is 2.26. The molecule has 2 aromatic rings. The highest BCUT2D eigenvalue weighted by atomic mass is 79.9. The first-order valence-electron chi connectivity index (χ1n) is 5.24. The lowest BCUT2D eigenvalue weighted by Gasteiger charge is -2.10. The summed E-state index contributed by atoms with van der Waals surface area (Å²) in [6.07, 6.45) is 0. The minimum absolute atomic E-state index is 0.161. The van der Waals surface area contributed by atoms with E-state index in [1.807, 2.05) is 0 Å². The quantitative estimate of drug-likeness (QED) is 0.778. The van der Waals surface area contributed by atoms with Gasteiger partial charge in [-0.2, -0.15) is 0 Å². The normalized spacial score (nSPS) is 10.4. The molecule has 0 bridgehead atoms. The van der Waals surface area contributed by atoms with Crippen molar-refractivity contribution in [3.63, 3.8) is 0 Å². The number of benzene rings is 2. The highest BCUT2D eigenvalue weighted by Crippen LogP contribution is 2.35. The Morgan fingerprint density at radius 3 is 2.55 bits per heavy atom. The predicted octanol–water partition coefficient (Wildman–Crippen LogP) is 5.39. The first-order chi connectivity index (χ1) is 9.40. The number of hydrogen-bond donors (Lipinski definition) is 1. The molecule has 0 saturated carbocycles. The maximum absolute atomic E-state index is 14.0. The molecule has 0 saturated heterocycles. The van der Waals surface area contributed by atoms with Crippen LogP contribution in [0.4, 0.5) is 4.39 Å². The number of carbonyl (C=O) groups is 1. The van der Waals surface area contributed by atoms with E-state index in [0.29, 0.717) is 5.02 Å². The molecule has 3 nitrogen and oxygen atoms in total. The van der Waals surface area contributed by atoms with Gasteiger partial charge in [-0.3, -0.25) is 0 Å². The zero-order chi connectivity index (χ0) is 14.9. The Morgan fingerprint density at radius 1 is 1.20 bits per heavy atom. The molecule has 0 unspecified atom stereocenters. The molecule has 2 rings (SSSR count). The van der Waals surface area contributed by atoms with Gasteiger partial charge in [0.1, 0.15) is 5.75 Å². The highest BCUT2D eigenvalue weighted by Gasteiger charge is 2.18. The van der Waals surface area contributed by atoms with Crippen LogP contribution in [0, 0.1) is 5.82 Å². The molecule has 7 heteroatoms. The molecule has 0 fully saturated rings. The first kappa shape index (κ1) is 15.1. The SMILES string of the molecule is O=C(O)c1ccc(Oc2cc(Cl)ccc2Cl)c(F)c1Br. The van der Waals surface area contributed by atoms with Crippen LogP contribution in [0.3, 0.4) is 0 Å². The third kappa shape index (κ3) is 3.06. The summed E-state index contributed by atoms with van der Waals surface area (Å²) in [6.45, 7) is 0. The van der Waals surface area contributed by atoms with Gasteiger partial charge in [0.05, 0.1) is 15.1 Å². The molecule has 0 spiro atoms. The van der Waals surface area contributed by atoms with Gasteiger partial charge in [0, 0.05) is 11.1 Å². The summed E-state index contributed by atoms with van der Waals surface area (Å²) in [4.78, 5) is 10.9. The number of rotatable bonds is 3.